The summed E-state index contributed by atoms with van der Waals surface area (Å²) in [5.74, 6) is -0.233. The summed E-state index contributed by atoms with van der Waals surface area (Å²) >= 11 is 7.12. The van der Waals surface area contributed by atoms with Crippen LogP contribution in [0.1, 0.15) is 28.9 Å². The first-order valence-electron chi connectivity index (χ1n) is 9.35. The van der Waals surface area contributed by atoms with Crippen LogP contribution in [-0.2, 0) is 9.53 Å². The molecule has 0 bridgehead atoms. The number of quaternary nitrogens is 1. The van der Waals surface area contributed by atoms with Crippen molar-refractivity contribution in [2.24, 2.45) is 0 Å². The van der Waals surface area contributed by atoms with Crippen molar-refractivity contribution in [2.45, 2.75) is 12.2 Å². The monoisotopic (exact) mass is 515 g/mol. The number of carbonyl (C=O) groups excluding carboxylic acids is 1. The summed E-state index contributed by atoms with van der Waals surface area (Å²) in [6, 6.07) is 24.8. The first-order chi connectivity index (χ1) is 14.1. The maximum atomic E-state index is 12.4. The molecule has 4 rings (SSSR count). The van der Waals surface area contributed by atoms with Gasteiger partial charge in [0.1, 0.15) is 6.04 Å². The molecule has 0 aromatic heterocycles. The Balaban J connectivity index is 1.88. The van der Waals surface area contributed by atoms with E-state index in [1.807, 2.05) is 36.4 Å². The van der Waals surface area contributed by atoms with Crippen molar-refractivity contribution < 1.29 is 14.4 Å². The predicted molar refractivity (Wildman–Crippen MR) is 121 cm³/mol. The van der Waals surface area contributed by atoms with Gasteiger partial charge in [0.05, 0.1) is 7.11 Å². The summed E-state index contributed by atoms with van der Waals surface area (Å²) in [6.45, 7) is 0.246. The number of ether oxygens (including phenoxy) is 1. The van der Waals surface area contributed by atoms with Gasteiger partial charge in [0, 0.05) is 31.3 Å². The number of nitrogens with one attached hydrogen (secondary N) is 2. The number of fused-ring (bicyclic) bond motifs is 1. The lowest BCUT2D eigenvalue weighted by molar-refractivity contribution is -0.947. The van der Waals surface area contributed by atoms with Crippen LogP contribution in [0.4, 0.5) is 5.69 Å². The van der Waals surface area contributed by atoms with Crippen LogP contribution in [0.2, 0.25) is 0 Å². The Labute approximate surface area is 187 Å². The van der Waals surface area contributed by atoms with E-state index in [0.717, 1.165) is 36.2 Å². The van der Waals surface area contributed by atoms with Crippen LogP contribution in [0.25, 0.3) is 0 Å². The van der Waals surface area contributed by atoms with E-state index in [0.29, 0.717) is 0 Å². The largest absolute Gasteiger partial charge is 0.465 e. The average Bonchev–Trinajstić information content (AvgIpc) is 2.74. The Kier molecular flexibility index (Phi) is 6.04. The van der Waals surface area contributed by atoms with Crippen molar-refractivity contribution in [3.8, 4) is 0 Å². The zero-order chi connectivity index (χ0) is 20.4. The molecule has 0 aliphatic carbocycles. The number of esters is 1. The van der Waals surface area contributed by atoms with Gasteiger partial charge in [0.2, 0.25) is 0 Å². The molecule has 4 nitrogen and oxygen atoms in total. The van der Waals surface area contributed by atoms with Gasteiger partial charge in [0.25, 0.3) is 0 Å². The molecule has 6 heteroatoms. The van der Waals surface area contributed by atoms with Crippen LogP contribution in [0.15, 0.2) is 81.7 Å². The SMILES string of the molecule is COC(=O)C[NH+]1[C@H](c2ccccc2)c2cc(Br)ccc2N[C@@H]1c1ccc(Br)cc1. The van der Waals surface area contributed by atoms with Crippen molar-refractivity contribution in [2.75, 3.05) is 19.0 Å². The molecule has 148 valence electrons. The number of hydrogen-bond acceptors (Lipinski definition) is 3. The molecular formula is C23H21Br2N2O2+. The fraction of sp³-hybridized carbons (Fsp3) is 0.174. The van der Waals surface area contributed by atoms with E-state index in [9.17, 15) is 4.79 Å². The van der Waals surface area contributed by atoms with E-state index in [-0.39, 0.29) is 24.7 Å². The van der Waals surface area contributed by atoms with Gasteiger partial charge in [0.15, 0.2) is 12.7 Å². The van der Waals surface area contributed by atoms with Gasteiger partial charge in [-0.3, -0.25) is 4.90 Å². The number of rotatable bonds is 4. The highest BCUT2D eigenvalue weighted by molar-refractivity contribution is 9.10. The van der Waals surface area contributed by atoms with Crippen LogP contribution in [-0.4, -0.2) is 19.6 Å². The summed E-state index contributed by atoms with van der Waals surface area (Å²) in [7, 11) is 1.44. The van der Waals surface area contributed by atoms with Gasteiger partial charge in [-0.25, -0.2) is 4.79 Å². The Morgan fingerprint density at radius 1 is 0.966 bits per heavy atom. The molecule has 0 spiro atoms. The molecule has 1 aliphatic heterocycles. The van der Waals surface area contributed by atoms with Crippen molar-refractivity contribution >= 4 is 43.5 Å². The summed E-state index contributed by atoms with van der Waals surface area (Å²) in [5.41, 5.74) is 4.50. The lowest BCUT2D eigenvalue weighted by atomic mass is 9.91. The molecule has 0 radical (unpaired) electrons. The van der Waals surface area contributed by atoms with E-state index in [1.54, 1.807) is 0 Å². The zero-order valence-electron chi connectivity index (χ0n) is 15.9. The Morgan fingerprint density at radius 3 is 2.34 bits per heavy atom. The van der Waals surface area contributed by atoms with Crippen molar-refractivity contribution in [1.82, 2.24) is 0 Å². The van der Waals surface area contributed by atoms with Crippen molar-refractivity contribution in [1.29, 1.82) is 0 Å². The number of benzene rings is 3. The number of hydrogen-bond donors (Lipinski definition) is 2. The minimum absolute atomic E-state index is 0.0160. The molecule has 3 aromatic carbocycles. The molecule has 1 aliphatic rings. The maximum Gasteiger partial charge on any atom is 0.361 e. The average molecular weight is 517 g/mol. The third kappa shape index (κ3) is 4.25. The number of carbonyl (C=O) groups is 1. The molecule has 2 N–H and O–H groups in total. The van der Waals surface area contributed by atoms with Crippen LogP contribution in [0.5, 0.6) is 0 Å². The lowest BCUT2D eigenvalue weighted by Crippen LogP contribution is -3.15. The Hall–Kier alpha value is -2.15. The molecule has 0 fully saturated rings. The van der Waals surface area contributed by atoms with Crippen LogP contribution >= 0.6 is 31.9 Å². The normalized spacial score (nSPS) is 20.4. The second-order valence-electron chi connectivity index (χ2n) is 7.03. The maximum absolute atomic E-state index is 12.4. The van der Waals surface area contributed by atoms with Crippen molar-refractivity contribution in [3.05, 3.63) is 98.4 Å². The zero-order valence-corrected chi connectivity index (χ0v) is 19.0. The van der Waals surface area contributed by atoms with Crippen LogP contribution in [0.3, 0.4) is 0 Å². The highest BCUT2D eigenvalue weighted by atomic mass is 79.9. The Morgan fingerprint density at radius 2 is 1.66 bits per heavy atom. The van der Waals surface area contributed by atoms with E-state index in [2.05, 4.69) is 73.6 Å². The van der Waals surface area contributed by atoms with E-state index >= 15 is 0 Å². The van der Waals surface area contributed by atoms with Gasteiger partial charge >= 0.3 is 5.97 Å². The van der Waals surface area contributed by atoms with Gasteiger partial charge in [-0.15, -0.1) is 0 Å². The number of halogens is 2. The van der Waals surface area contributed by atoms with Crippen molar-refractivity contribution in [3.63, 3.8) is 0 Å². The van der Waals surface area contributed by atoms with E-state index < -0.39 is 0 Å². The standard InChI is InChI=1S/C23H20Br2N2O2/c1-29-21(28)14-27-22(15-5-3-2-4-6-15)19-13-18(25)11-12-20(19)26-23(27)16-7-9-17(24)10-8-16/h2-13,22-23,26H,14H2,1H3/p+1/t22-,23+/m1/s1. The predicted octanol–water partition coefficient (Wildman–Crippen LogP) is 4.48. The molecule has 0 saturated carbocycles. The first-order valence-corrected chi connectivity index (χ1v) is 10.9. The molecule has 1 unspecified atom stereocenters. The fourth-order valence-corrected chi connectivity index (χ4v) is 4.60. The number of anilines is 1. The number of methoxy groups -OCH3 is 1. The second kappa shape index (κ2) is 8.69. The highest BCUT2D eigenvalue weighted by Gasteiger charge is 2.41. The summed E-state index contributed by atoms with van der Waals surface area (Å²) in [4.78, 5) is 13.5. The smallest absolute Gasteiger partial charge is 0.361 e. The molecule has 3 aromatic rings. The summed E-state index contributed by atoms with van der Waals surface area (Å²) < 4.78 is 7.08. The molecule has 0 saturated heterocycles. The highest BCUT2D eigenvalue weighted by Crippen LogP contribution is 2.35. The minimum atomic E-state index is -0.233. The lowest BCUT2D eigenvalue weighted by Gasteiger charge is -2.41. The fourth-order valence-electron chi connectivity index (χ4n) is 3.95. The third-order valence-electron chi connectivity index (χ3n) is 5.28. The minimum Gasteiger partial charge on any atom is -0.465 e. The topological polar surface area (TPSA) is 42.8 Å². The van der Waals surface area contributed by atoms with Gasteiger partial charge in [-0.1, -0.05) is 62.2 Å². The summed E-state index contributed by atoms with van der Waals surface area (Å²) in [6.07, 6.45) is -0.0962. The Bertz CT molecular complexity index is 1010. The first kappa shape index (κ1) is 20.1. The van der Waals surface area contributed by atoms with Gasteiger partial charge in [-0.05, 0) is 42.5 Å². The van der Waals surface area contributed by atoms with Gasteiger partial charge in [-0.2, -0.15) is 0 Å². The molecule has 0 amide bonds. The molecule has 29 heavy (non-hydrogen) atoms. The molecular weight excluding hydrogens is 496 g/mol. The summed E-state index contributed by atoms with van der Waals surface area (Å²) in [5, 5.41) is 3.66. The third-order valence-corrected chi connectivity index (χ3v) is 6.30. The van der Waals surface area contributed by atoms with E-state index in [4.69, 9.17) is 4.74 Å². The molecule has 3 atom stereocenters. The van der Waals surface area contributed by atoms with E-state index in [1.165, 1.54) is 7.11 Å². The molecule has 1 heterocycles. The van der Waals surface area contributed by atoms with Gasteiger partial charge < -0.3 is 10.1 Å². The van der Waals surface area contributed by atoms with Crippen LogP contribution in [0, 0.1) is 0 Å². The van der Waals surface area contributed by atoms with Crippen LogP contribution < -0.4 is 10.2 Å². The second-order valence-corrected chi connectivity index (χ2v) is 8.86. The quantitative estimate of drug-likeness (QED) is 0.502.